The molecule has 4 nitrogen and oxygen atoms in total. The Balaban J connectivity index is 3.62. The van der Waals surface area contributed by atoms with Gasteiger partial charge in [-0.05, 0) is 19.9 Å². The first-order valence-electron chi connectivity index (χ1n) is 4.66. The highest BCUT2D eigenvalue weighted by Crippen LogP contribution is 2.02. The maximum absolute atomic E-state index is 11.2. The Morgan fingerprint density at radius 1 is 1.46 bits per heavy atom. The first-order chi connectivity index (χ1) is 5.95. The monoisotopic (exact) mass is 188 g/mol. The number of carbonyl (C=O) groups is 1. The van der Waals surface area contributed by atoms with Crippen molar-refractivity contribution < 1.29 is 9.90 Å². The van der Waals surface area contributed by atoms with Crippen LogP contribution in [0.15, 0.2) is 0 Å². The molecule has 0 amide bonds. The molecule has 0 saturated heterocycles. The predicted molar refractivity (Wildman–Crippen MR) is 52.1 cm³/mol. The van der Waals surface area contributed by atoms with Crippen molar-refractivity contribution in [3.8, 4) is 0 Å². The second kappa shape index (κ2) is 6.07. The summed E-state index contributed by atoms with van der Waals surface area (Å²) in [6.07, 6.45) is -0.522. The highest BCUT2D eigenvalue weighted by atomic mass is 16.3. The van der Waals surface area contributed by atoms with Crippen molar-refractivity contribution >= 4 is 5.78 Å². The number of aliphatic hydroxyl groups excluding tert-OH is 1. The van der Waals surface area contributed by atoms with Gasteiger partial charge in [-0.15, -0.1) is 0 Å². The summed E-state index contributed by atoms with van der Waals surface area (Å²) in [5, 5.41) is 12.3. The maximum atomic E-state index is 11.2. The van der Waals surface area contributed by atoms with Gasteiger partial charge in [0.1, 0.15) is 6.10 Å². The van der Waals surface area contributed by atoms with Gasteiger partial charge < -0.3 is 16.2 Å². The largest absolute Gasteiger partial charge is 0.385 e. The zero-order valence-corrected chi connectivity index (χ0v) is 8.58. The normalized spacial score (nSPS) is 15.8. The van der Waals surface area contributed by atoms with Crippen LogP contribution in [-0.4, -0.2) is 29.7 Å². The molecular formula is C9H20N2O2. The Hall–Kier alpha value is -0.450. The number of rotatable bonds is 6. The fourth-order valence-corrected chi connectivity index (χ4v) is 0.975. The highest BCUT2D eigenvalue weighted by molar-refractivity contribution is 5.84. The van der Waals surface area contributed by atoms with E-state index in [1.54, 1.807) is 13.8 Å². The summed E-state index contributed by atoms with van der Waals surface area (Å²) < 4.78 is 0. The van der Waals surface area contributed by atoms with Crippen LogP contribution in [-0.2, 0) is 4.79 Å². The summed E-state index contributed by atoms with van der Waals surface area (Å²) in [4.78, 5) is 11.2. The summed E-state index contributed by atoms with van der Waals surface area (Å²) in [6.45, 7) is 5.95. The van der Waals surface area contributed by atoms with E-state index in [0.29, 0.717) is 13.0 Å². The van der Waals surface area contributed by atoms with E-state index in [9.17, 15) is 9.90 Å². The molecule has 0 spiro atoms. The summed E-state index contributed by atoms with van der Waals surface area (Å²) in [5.74, 6) is -0.211. The van der Waals surface area contributed by atoms with Gasteiger partial charge in [-0.1, -0.05) is 13.8 Å². The van der Waals surface area contributed by atoms with E-state index in [2.05, 4.69) is 5.32 Å². The van der Waals surface area contributed by atoms with Gasteiger partial charge in [0, 0.05) is 5.92 Å². The second-order valence-corrected chi connectivity index (χ2v) is 3.60. The van der Waals surface area contributed by atoms with Gasteiger partial charge in [-0.3, -0.25) is 4.79 Å². The molecule has 0 aromatic carbocycles. The van der Waals surface area contributed by atoms with Crippen molar-refractivity contribution in [1.82, 2.24) is 5.32 Å². The number of aliphatic hydroxyl groups is 1. The van der Waals surface area contributed by atoms with Crippen molar-refractivity contribution in [2.75, 3.05) is 6.54 Å². The van der Waals surface area contributed by atoms with Crippen LogP contribution in [0, 0.1) is 5.92 Å². The van der Waals surface area contributed by atoms with E-state index >= 15 is 0 Å². The topological polar surface area (TPSA) is 75.3 Å². The Morgan fingerprint density at radius 2 is 2.00 bits per heavy atom. The lowest BCUT2D eigenvalue weighted by atomic mass is 10.0. The van der Waals surface area contributed by atoms with Crippen molar-refractivity contribution in [3.05, 3.63) is 0 Å². The molecule has 0 fully saturated rings. The summed E-state index contributed by atoms with van der Waals surface area (Å²) >= 11 is 0. The van der Waals surface area contributed by atoms with Crippen LogP contribution in [0.4, 0.5) is 0 Å². The summed E-state index contributed by atoms with van der Waals surface area (Å²) in [6, 6.07) is 0. The molecule has 13 heavy (non-hydrogen) atoms. The number of ketones is 1. The molecule has 4 N–H and O–H groups in total. The number of carbonyl (C=O) groups excluding carboxylic acids is 1. The number of Topliss-reactive ketones (excluding diaryl/α,β-unsaturated/α-hetero) is 1. The first kappa shape index (κ1) is 12.6. The second-order valence-electron chi connectivity index (χ2n) is 3.60. The molecular weight excluding hydrogens is 168 g/mol. The van der Waals surface area contributed by atoms with E-state index < -0.39 is 6.10 Å². The fourth-order valence-electron chi connectivity index (χ4n) is 0.975. The summed E-state index contributed by atoms with van der Waals surface area (Å²) in [7, 11) is 0. The van der Waals surface area contributed by atoms with Gasteiger partial charge in [0.05, 0.1) is 6.17 Å². The Morgan fingerprint density at radius 3 is 2.38 bits per heavy atom. The van der Waals surface area contributed by atoms with Gasteiger partial charge in [0.2, 0.25) is 0 Å². The minimum atomic E-state index is -0.855. The molecule has 0 heterocycles. The van der Waals surface area contributed by atoms with Crippen LogP contribution in [0.5, 0.6) is 0 Å². The lowest BCUT2D eigenvalue weighted by molar-refractivity contribution is -0.130. The molecule has 0 aliphatic carbocycles. The number of nitrogens with one attached hydrogen (secondary N) is 1. The Kier molecular flexibility index (Phi) is 5.86. The van der Waals surface area contributed by atoms with Crippen LogP contribution in [0.3, 0.4) is 0 Å². The van der Waals surface area contributed by atoms with E-state index in [-0.39, 0.29) is 17.9 Å². The van der Waals surface area contributed by atoms with Gasteiger partial charge in [-0.2, -0.15) is 0 Å². The van der Waals surface area contributed by atoms with Gasteiger partial charge in [0.15, 0.2) is 5.78 Å². The molecule has 0 aliphatic rings. The van der Waals surface area contributed by atoms with Crippen molar-refractivity contribution in [2.45, 2.75) is 39.5 Å². The van der Waals surface area contributed by atoms with E-state index in [4.69, 9.17) is 5.73 Å². The minimum absolute atomic E-state index is 0.0960. The lowest BCUT2D eigenvalue weighted by Crippen LogP contribution is -2.37. The average molecular weight is 188 g/mol. The molecule has 4 heteroatoms. The SMILES string of the molecule is CC(N)NCCC(O)C(=O)C(C)C. The lowest BCUT2D eigenvalue weighted by Gasteiger charge is -2.13. The molecule has 78 valence electrons. The third-order valence-electron chi connectivity index (χ3n) is 1.78. The highest BCUT2D eigenvalue weighted by Gasteiger charge is 2.17. The molecule has 0 radical (unpaired) electrons. The molecule has 0 aromatic heterocycles. The smallest absolute Gasteiger partial charge is 0.163 e. The van der Waals surface area contributed by atoms with Crippen LogP contribution < -0.4 is 11.1 Å². The molecule has 2 unspecified atom stereocenters. The van der Waals surface area contributed by atoms with Gasteiger partial charge in [0.25, 0.3) is 0 Å². The van der Waals surface area contributed by atoms with Gasteiger partial charge in [-0.25, -0.2) is 0 Å². The number of hydrogen-bond acceptors (Lipinski definition) is 4. The maximum Gasteiger partial charge on any atom is 0.163 e. The molecule has 0 aromatic rings. The number of nitrogens with two attached hydrogens (primary N) is 1. The fraction of sp³-hybridized carbons (Fsp3) is 0.889. The van der Waals surface area contributed by atoms with Crippen molar-refractivity contribution in [2.24, 2.45) is 11.7 Å². The molecule has 2 atom stereocenters. The predicted octanol–water partition coefficient (Wildman–Crippen LogP) is -0.143. The zero-order chi connectivity index (χ0) is 10.4. The molecule has 0 bridgehead atoms. The first-order valence-corrected chi connectivity index (χ1v) is 4.66. The summed E-state index contributed by atoms with van der Waals surface area (Å²) in [5.41, 5.74) is 5.44. The van der Waals surface area contributed by atoms with Crippen LogP contribution in [0.25, 0.3) is 0 Å². The van der Waals surface area contributed by atoms with Crippen molar-refractivity contribution in [3.63, 3.8) is 0 Å². The quantitative estimate of drug-likeness (QED) is 0.507. The number of hydrogen-bond donors (Lipinski definition) is 3. The third kappa shape index (κ3) is 5.74. The molecule has 0 saturated carbocycles. The zero-order valence-electron chi connectivity index (χ0n) is 8.58. The standard InChI is InChI=1S/C9H20N2O2/c1-6(2)9(13)8(12)4-5-11-7(3)10/h6-8,11-12H,4-5,10H2,1-3H3. The van der Waals surface area contributed by atoms with Gasteiger partial charge >= 0.3 is 0 Å². The van der Waals surface area contributed by atoms with Crippen LogP contribution >= 0.6 is 0 Å². The molecule has 0 rings (SSSR count). The van der Waals surface area contributed by atoms with E-state index in [1.807, 2.05) is 6.92 Å². The molecule has 0 aliphatic heterocycles. The Bertz CT molecular complexity index is 158. The van der Waals surface area contributed by atoms with E-state index in [1.165, 1.54) is 0 Å². The average Bonchev–Trinajstić information content (AvgIpc) is 2.02. The van der Waals surface area contributed by atoms with Crippen molar-refractivity contribution in [1.29, 1.82) is 0 Å². The Labute approximate surface area is 79.5 Å². The van der Waals surface area contributed by atoms with Crippen LogP contribution in [0.2, 0.25) is 0 Å². The third-order valence-corrected chi connectivity index (χ3v) is 1.78. The minimum Gasteiger partial charge on any atom is -0.385 e. The van der Waals surface area contributed by atoms with E-state index in [0.717, 1.165) is 0 Å². The van der Waals surface area contributed by atoms with Crippen LogP contribution in [0.1, 0.15) is 27.2 Å².